The number of amides is 1. The molecule has 0 aliphatic rings. The zero-order valence-electron chi connectivity index (χ0n) is 12.0. The number of anilines is 1. The summed E-state index contributed by atoms with van der Waals surface area (Å²) in [5.74, 6) is -0.998. The molecule has 1 aromatic heterocycles. The van der Waals surface area contributed by atoms with Crippen molar-refractivity contribution in [1.29, 1.82) is 0 Å². The molecule has 1 amide bonds. The van der Waals surface area contributed by atoms with Gasteiger partial charge in [-0.2, -0.15) is 0 Å². The minimum Gasteiger partial charge on any atom is -0.471 e. The molecular formula is C17H13FN2O3. The van der Waals surface area contributed by atoms with Crippen molar-refractivity contribution in [3.05, 3.63) is 77.8 Å². The molecule has 116 valence electrons. The lowest BCUT2D eigenvalue weighted by Crippen LogP contribution is -2.11. The molecule has 0 saturated carbocycles. The molecule has 0 fully saturated rings. The highest BCUT2D eigenvalue weighted by Gasteiger charge is 2.15. The van der Waals surface area contributed by atoms with Gasteiger partial charge in [0.2, 0.25) is 5.76 Å². The number of halogens is 1. The Bertz CT molecular complexity index is 802. The van der Waals surface area contributed by atoms with E-state index in [0.717, 1.165) is 5.56 Å². The fourth-order valence-corrected chi connectivity index (χ4v) is 1.91. The molecule has 6 heteroatoms. The van der Waals surface area contributed by atoms with Crippen LogP contribution in [0.1, 0.15) is 16.1 Å². The van der Waals surface area contributed by atoms with Gasteiger partial charge in [-0.05, 0) is 22.9 Å². The number of hydrogen-bond donors (Lipinski definition) is 1. The van der Waals surface area contributed by atoms with Crippen molar-refractivity contribution >= 4 is 11.6 Å². The monoisotopic (exact) mass is 312 g/mol. The van der Waals surface area contributed by atoms with Crippen LogP contribution in [0.25, 0.3) is 0 Å². The van der Waals surface area contributed by atoms with Crippen LogP contribution < -0.4 is 10.1 Å². The first-order valence-corrected chi connectivity index (χ1v) is 6.92. The van der Waals surface area contributed by atoms with Crippen LogP contribution in [0, 0.1) is 5.82 Å². The number of aromatic nitrogens is 1. The molecule has 3 rings (SSSR count). The minimum atomic E-state index is -0.600. The van der Waals surface area contributed by atoms with E-state index < -0.39 is 11.7 Å². The van der Waals surface area contributed by atoms with E-state index >= 15 is 0 Å². The molecule has 1 heterocycles. The Hall–Kier alpha value is -3.15. The van der Waals surface area contributed by atoms with Gasteiger partial charge in [0.15, 0.2) is 0 Å². The summed E-state index contributed by atoms with van der Waals surface area (Å²) in [7, 11) is 0. The number of para-hydroxylation sites is 1. The topological polar surface area (TPSA) is 64.4 Å². The second kappa shape index (κ2) is 6.74. The molecule has 1 N–H and O–H groups in total. The Morgan fingerprint density at radius 3 is 2.65 bits per heavy atom. The van der Waals surface area contributed by atoms with Crippen LogP contribution in [0.2, 0.25) is 0 Å². The first-order valence-electron chi connectivity index (χ1n) is 6.92. The molecule has 0 aliphatic carbocycles. The number of benzene rings is 2. The fraction of sp³-hybridized carbons (Fsp3) is 0.0588. The van der Waals surface area contributed by atoms with Crippen molar-refractivity contribution in [3.8, 4) is 5.88 Å². The van der Waals surface area contributed by atoms with Crippen molar-refractivity contribution in [3.63, 3.8) is 0 Å². The van der Waals surface area contributed by atoms with Gasteiger partial charge in [0, 0.05) is 0 Å². The third kappa shape index (κ3) is 3.74. The molecule has 2 aromatic carbocycles. The van der Waals surface area contributed by atoms with Gasteiger partial charge in [0.05, 0.1) is 11.8 Å². The average molecular weight is 312 g/mol. The number of rotatable bonds is 5. The lowest BCUT2D eigenvalue weighted by molar-refractivity contribution is 0.0987. The van der Waals surface area contributed by atoms with Crippen LogP contribution in [0.4, 0.5) is 10.1 Å². The quantitative estimate of drug-likeness (QED) is 0.781. The zero-order valence-corrected chi connectivity index (χ0v) is 12.0. The largest absolute Gasteiger partial charge is 0.471 e. The van der Waals surface area contributed by atoms with E-state index in [4.69, 9.17) is 9.26 Å². The van der Waals surface area contributed by atoms with E-state index in [9.17, 15) is 9.18 Å². The Kier molecular flexibility index (Phi) is 4.33. The van der Waals surface area contributed by atoms with E-state index in [-0.39, 0.29) is 17.3 Å². The van der Waals surface area contributed by atoms with Gasteiger partial charge in [0.1, 0.15) is 12.4 Å². The number of carbonyl (C=O) groups is 1. The Morgan fingerprint density at radius 2 is 1.87 bits per heavy atom. The molecule has 23 heavy (non-hydrogen) atoms. The van der Waals surface area contributed by atoms with Crippen LogP contribution in [0.5, 0.6) is 5.88 Å². The highest BCUT2D eigenvalue weighted by Crippen LogP contribution is 2.17. The summed E-state index contributed by atoms with van der Waals surface area (Å²) >= 11 is 0. The maximum absolute atomic E-state index is 13.5. The van der Waals surface area contributed by atoms with Gasteiger partial charge < -0.3 is 14.6 Å². The van der Waals surface area contributed by atoms with Crippen LogP contribution in [-0.2, 0) is 6.61 Å². The third-order valence-corrected chi connectivity index (χ3v) is 3.06. The van der Waals surface area contributed by atoms with Crippen molar-refractivity contribution in [2.24, 2.45) is 0 Å². The van der Waals surface area contributed by atoms with E-state index in [2.05, 4.69) is 10.5 Å². The Morgan fingerprint density at radius 1 is 1.13 bits per heavy atom. The van der Waals surface area contributed by atoms with E-state index in [1.54, 1.807) is 6.07 Å². The summed E-state index contributed by atoms with van der Waals surface area (Å²) in [6.07, 6.45) is 0. The lowest BCUT2D eigenvalue weighted by Gasteiger charge is -2.03. The molecule has 0 unspecified atom stereocenters. The second-order valence-electron chi connectivity index (χ2n) is 4.74. The highest BCUT2D eigenvalue weighted by atomic mass is 19.1. The van der Waals surface area contributed by atoms with E-state index in [1.165, 1.54) is 24.3 Å². The van der Waals surface area contributed by atoms with Gasteiger partial charge in [-0.25, -0.2) is 4.39 Å². The molecule has 0 aliphatic heterocycles. The van der Waals surface area contributed by atoms with Crippen LogP contribution in [-0.4, -0.2) is 11.1 Å². The number of carbonyl (C=O) groups excluding carboxylic acids is 1. The van der Waals surface area contributed by atoms with E-state index in [1.807, 2.05) is 30.3 Å². The SMILES string of the molecule is O=C(Nc1ccccc1F)c1cc(OCc2ccccc2)no1. The second-order valence-corrected chi connectivity index (χ2v) is 4.74. The molecule has 3 aromatic rings. The highest BCUT2D eigenvalue weighted by molar-refractivity contribution is 6.02. The first-order chi connectivity index (χ1) is 11.2. The zero-order chi connectivity index (χ0) is 16.1. The molecule has 5 nitrogen and oxygen atoms in total. The molecule has 0 spiro atoms. The van der Waals surface area contributed by atoms with Crippen molar-refractivity contribution < 1.29 is 18.4 Å². The average Bonchev–Trinajstić information content (AvgIpc) is 3.05. The number of nitrogens with zero attached hydrogens (tertiary/aromatic N) is 1. The predicted molar refractivity (Wildman–Crippen MR) is 81.6 cm³/mol. The molecular weight excluding hydrogens is 299 g/mol. The molecule has 0 radical (unpaired) electrons. The lowest BCUT2D eigenvalue weighted by atomic mass is 10.2. The number of ether oxygens (including phenoxy) is 1. The van der Waals surface area contributed by atoms with Gasteiger partial charge in [-0.1, -0.05) is 42.5 Å². The van der Waals surface area contributed by atoms with Crippen LogP contribution >= 0.6 is 0 Å². The number of hydrogen-bond acceptors (Lipinski definition) is 4. The van der Waals surface area contributed by atoms with Crippen LogP contribution in [0.3, 0.4) is 0 Å². The smallest absolute Gasteiger partial charge is 0.294 e. The summed E-state index contributed by atoms with van der Waals surface area (Å²) in [5, 5.41) is 6.07. The fourth-order valence-electron chi connectivity index (χ4n) is 1.91. The first kappa shape index (κ1) is 14.8. The van der Waals surface area contributed by atoms with Gasteiger partial charge >= 0.3 is 0 Å². The van der Waals surface area contributed by atoms with Gasteiger partial charge in [0.25, 0.3) is 11.8 Å². The number of nitrogens with one attached hydrogen (secondary N) is 1. The molecule has 0 saturated heterocycles. The Balaban J connectivity index is 1.62. The van der Waals surface area contributed by atoms with Crippen molar-refractivity contribution in [2.45, 2.75) is 6.61 Å². The standard InChI is InChI=1S/C17H13FN2O3/c18-13-8-4-5-9-14(13)19-17(21)15-10-16(20-23-15)22-11-12-6-2-1-3-7-12/h1-10H,11H2,(H,19,21). The predicted octanol–water partition coefficient (Wildman–Crippen LogP) is 3.65. The summed E-state index contributed by atoms with van der Waals surface area (Å²) in [6.45, 7) is 0.307. The summed E-state index contributed by atoms with van der Waals surface area (Å²) in [4.78, 5) is 12.0. The summed E-state index contributed by atoms with van der Waals surface area (Å²) in [5.41, 5.74) is 1.04. The van der Waals surface area contributed by atoms with Gasteiger partial charge in [-0.3, -0.25) is 4.79 Å². The molecule has 0 atom stereocenters. The van der Waals surface area contributed by atoms with Gasteiger partial charge in [-0.15, -0.1) is 0 Å². The van der Waals surface area contributed by atoms with Crippen molar-refractivity contribution in [1.82, 2.24) is 5.16 Å². The Labute approximate surface area is 131 Å². The molecule has 0 bridgehead atoms. The van der Waals surface area contributed by atoms with E-state index in [0.29, 0.717) is 6.61 Å². The maximum atomic E-state index is 13.5. The minimum absolute atomic E-state index is 0.0590. The normalized spacial score (nSPS) is 10.3. The summed E-state index contributed by atoms with van der Waals surface area (Å²) < 4.78 is 23.8. The maximum Gasteiger partial charge on any atom is 0.294 e. The third-order valence-electron chi connectivity index (χ3n) is 3.06. The van der Waals surface area contributed by atoms with Crippen molar-refractivity contribution in [2.75, 3.05) is 5.32 Å². The summed E-state index contributed by atoms with van der Waals surface area (Å²) in [6, 6.07) is 16.7. The van der Waals surface area contributed by atoms with Crippen LogP contribution in [0.15, 0.2) is 65.2 Å².